The van der Waals surface area contributed by atoms with Gasteiger partial charge in [-0.2, -0.15) is 0 Å². The maximum absolute atomic E-state index is 16.1. The van der Waals surface area contributed by atoms with Crippen molar-refractivity contribution in [3.05, 3.63) is 63.9 Å². The third-order valence-corrected chi connectivity index (χ3v) is 11.1. The van der Waals surface area contributed by atoms with Crippen molar-refractivity contribution in [3.63, 3.8) is 0 Å². The second-order valence-electron chi connectivity index (χ2n) is 13.5. The number of rotatable bonds is 4. The fraction of sp³-hybridized carbons (Fsp3) is 0.548. The molecule has 0 unspecified atom stereocenters. The fourth-order valence-corrected chi connectivity index (χ4v) is 8.65. The van der Waals surface area contributed by atoms with Gasteiger partial charge >= 0.3 is 0 Å². The summed E-state index contributed by atoms with van der Waals surface area (Å²) in [6.07, 6.45) is 8.60. The zero-order chi connectivity index (χ0) is 30.9. The summed E-state index contributed by atoms with van der Waals surface area (Å²) in [6.45, 7) is 4.42. The third-order valence-electron chi connectivity index (χ3n) is 10.6. The van der Waals surface area contributed by atoms with E-state index in [-0.39, 0.29) is 45.1 Å². The number of nitrogens with one attached hydrogen (secondary N) is 3. The fourth-order valence-electron chi connectivity index (χ4n) is 8.33. The van der Waals surface area contributed by atoms with Crippen LogP contribution in [0.2, 0.25) is 10.3 Å². The van der Waals surface area contributed by atoms with Gasteiger partial charge in [-0.1, -0.05) is 43.1 Å². The van der Waals surface area contributed by atoms with Gasteiger partial charge in [0.15, 0.2) is 11.0 Å². The Morgan fingerprint density at radius 1 is 1.09 bits per heavy atom. The number of carbonyl (C=O) groups is 2. The van der Waals surface area contributed by atoms with Gasteiger partial charge in [-0.25, -0.2) is 14.4 Å². The first-order valence-corrected chi connectivity index (χ1v) is 15.9. The number of anilines is 1. The van der Waals surface area contributed by atoms with Crippen LogP contribution in [0.25, 0.3) is 0 Å². The van der Waals surface area contributed by atoms with Crippen LogP contribution < -0.4 is 16.0 Å². The average Bonchev–Trinajstić information content (AvgIpc) is 3.70. The summed E-state index contributed by atoms with van der Waals surface area (Å²) in [5.74, 6) is -1.21. The average molecular weight is 643 g/mol. The SMILES string of the molecule is CC1(C)CCC2(CC1)N[C@@H](C(=O)NC1CCC(c3nnco3)CC1)[C@H](c1ccnc(Cl)c1F)[C@]21C(=O)Nc2nc(Cl)ccc21. The second-order valence-corrected chi connectivity index (χ2v) is 14.2. The highest BCUT2D eigenvalue weighted by molar-refractivity contribution is 6.30. The summed E-state index contributed by atoms with van der Waals surface area (Å²) in [4.78, 5) is 37.3. The van der Waals surface area contributed by atoms with Crippen LogP contribution in [0, 0.1) is 11.2 Å². The quantitative estimate of drug-likeness (QED) is 0.321. The van der Waals surface area contributed by atoms with Crippen LogP contribution in [-0.2, 0) is 15.0 Å². The number of amides is 2. The zero-order valence-electron chi connectivity index (χ0n) is 24.5. The molecule has 4 aliphatic rings. The number of fused-ring (bicyclic) bond motifs is 3. The Balaban J connectivity index is 1.31. The van der Waals surface area contributed by atoms with Crippen LogP contribution in [0.3, 0.4) is 0 Å². The monoisotopic (exact) mass is 641 g/mol. The normalized spacial score (nSPS) is 30.3. The minimum absolute atomic E-state index is 0.0440. The van der Waals surface area contributed by atoms with E-state index in [1.165, 1.54) is 18.7 Å². The topological polar surface area (TPSA) is 135 Å². The molecule has 2 aliphatic carbocycles. The second kappa shape index (κ2) is 10.7. The molecule has 3 fully saturated rings. The third kappa shape index (κ3) is 4.53. The van der Waals surface area contributed by atoms with Gasteiger partial charge in [0.05, 0.1) is 6.04 Å². The van der Waals surface area contributed by atoms with E-state index in [1.54, 1.807) is 12.1 Å². The molecule has 3 aromatic rings. The molecule has 7 rings (SSSR count). The molecule has 2 spiro atoms. The van der Waals surface area contributed by atoms with Gasteiger partial charge < -0.3 is 15.1 Å². The molecule has 2 aliphatic heterocycles. The van der Waals surface area contributed by atoms with Gasteiger partial charge in [0.1, 0.15) is 16.4 Å². The van der Waals surface area contributed by atoms with Crippen LogP contribution in [0.15, 0.2) is 35.2 Å². The Morgan fingerprint density at radius 2 is 1.84 bits per heavy atom. The molecule has 10 nitrogen and oxygen atoms in total. The van der Waals surface area contributed by atoms with Gasteiger partial charge in [-0.15, -0.1) is 10.2 Å². The van der Waals surface area contributed by atoms with Crippen LogP contribution in [0.1, 0.15) is 94.1 Å². The molecule has 0 radical (unpaired) electrons. The van der Waals surface area contributed by atoms with Crippen LogP contribution in [0.4, 0.5) is 10.2 Å². The van der Waals surface area contributed by atoms with Crippen LogP contribution in [-0.4, -0.2) is 49.6 Å². The molecular weight excluding hydrogens is 608 g/mol. The first-order valence-electron chi connectivity index (χ1n) is 15.2. The molecule has 5 heterocycles. The number of halogens is 3. The molecule has 13 heteroatoms. The van der Waals surface area contributed by atoms with Crippen molar-refractivity contribution in [3.8, 4) is 0 Å². The minimum Gasteiger partial charge on any atom is -0.428 e. The highest BCUT2D eigenvalue weighted by Crippen LogP contribution is 2.63. The largest absolute Gasteiger partial charge is 0.428 e. The standard InChI is InChI=1S/C31H34Cl2FN7O3/c1-29(2)10-12-30(13-11-29)31(19-7-8-20(32)38-25(19)39-28(31)43)21(18-9-14-35-24(33)22(18)34)23(40-30)26(42)37-17-5-3-16(4-6-17)27-41-36-15-44-27/h7-9,14-17,21,23,40H,3-6,10-13H2,1-2H3,(H,37,42)(H,38,39,43)/t16?,17?,21-,23+,31+/m0/s1. The predicted molar refractivity (Wildman–Crippen MR) is 161 cm³/mol. The summed E-state index contributed by atoms with van der Waals surface area (Å²) in [5, 5.41) is 17.7. The Bertz CT molecular complexity index is 1600. The van der Waals surface area contributed by atoms with Gasteiger partial charge in [-0.05, 0) is 74.5 Å². The van der Waals surface area contributed by atoms with Crippen molar-refractivity contribution in [2.24, 2.45) is 5.41 Å². The Hall–Kier alpha value is -3.15. The lowest BCUT2D eigenvalue weighted by atomic mass is 9.53. The van der Waals surface area contributed by atoms with Crippen molar-refractivity contribution >= 4 is 40.8 Å². The van der Waals surface area contributed by atoms with Crippen molar-refractivity contribution in [2.75, 3.05) is 5.32 Å². The molecule has 0 bridgehead atoms. The number of carbonyl (C=O) groups excluding carboxylic acids is 2. The summed E-state index contributed by atoms with van der Waals surface area (Å²) in [7, 11) is 0. The Morgan fingerprint density at radius 3 is 2.55 bits per heavy atom. The zero-order valence-corrected chi connectivity index (χ0v) is 26.0. The maximum atomic E-state index is 16.1. The van der Waals surface area contributed by atoms with E-state index in [2.05, 4.69) is 50.0 Å². The van der Waals surface area contributed by atoms with E-state index in [4.69, 9.17) is 27.6 Å². The van der Waals surface area contributed by atoms with E-state index >= 15 is 4.39 Å². The minimum atomic E-state index is -1.36. The lowest BCUT2D eigenvalue weighted by Gasteiger charge is -2.50. The van der Waals surface area contributed by atoms with E-state index in [0.717, 1.165) is 38.5 Å². The number of hydrogen-bond acceptors (Lipinski definition) is 8. The predicted octanol–water partition coefficient (Wildman–Crippen LogP) is 5.43. The summed E-state index contributed by atoms with van der Waals surface area (Å²) in [5.41, 5.74) is -1.41. The molecule has 2 amide bonds. The van der Waals surface area contributed by atoms with Gasteiger partial charge in [0.25, 0.3) is 0 Å². The number of nitrogens with zero attached hydrogens (tertiary/aromatic N) is 4. The molecular formula is C31H34Cl2FN7O3. The van der Waals surface area contributed by atoms with Crippen molar-refractivity contribution in [2.45, 2.75) is 100 Å². The molecule has 3 atom stereocenters. The highest BCUT2D eigenvalue weighted by atomic mass is 35.5. The molecule has 0 aromatic carbocycles. The first kappa shape index (κ1) is 29.6. The lowest BCUT2D eigenvalue weighted by molar-refractivity contribution is -0.125. The Kier molecular flexibility index (Phi) is 7.21. The van der Waals surface area contributed by atoms with Gasteiger partial charge in [0.2, 0.25) is 24.1 Å². The number of pyridine rings is 2. The summed E-state index contributed by atoms with van der Waals surface area (Å²) in [6, 6.07) is 3.93. The molecule has 44 heavy (non-hydrogen) atoms. The molecule has 1 saturated heterocycles. The molecule has 3 N–H and O–H groups in total. The van der Waals surface area contributed by atoms with E-state index in [0.29, 0.717) is 30.1 Å². The molecule has 3 aromatic heterocycles. The van der Waals surface area contributed by atoms with E-state index in [1.807, 2.05) is 0 Å². The van der Waals surface area contributed by atoms with Gasteiger partial charge in [-0.3, -0.25) is 14.9 Å². The molecule has 2 saturated carbocycles. The first-order chi connectivity index (χ1) is 21.0. The molecule has 232 valence electrons. The highest BCUT2D eigenvalue weighted by Gasteiger charge is 2.73. The smallest absolute Gasteiger partial charge is 0.238 e. The number of hydrogen-bond donors (Lipinski definition) is 3. The van der Waals surface area contributed by atoms with E-state index < -0.39 is 28.7 Å². The number of aromatic nitrogens is 4. The van der Waals surface area contributed by atoms with Crippen LogP contribution >= 0.6 is 23.2 Å². The summed E-state index contributed by atoms with van der Waals surface area (Å²) >= 11 is 12.5. The van der Waals surface area contributed by atoms with Crippen molar-refractivity contribution in [1.29, 1.82) is 0 Å². The van der Waals surface area contributed by atoms with Crippen molar-refractivity contribution < 1.29 is 18.4 Å². The van der Waals surface area contributed by atoms with Crippen molar-refractivity contribution in [1.82, 2.24) is 30.8 Å². The lowest BCUT2D eigenvalue weighted by Crippen LogP contribution is -2.61. The summed E-state index contributed by atoms with van der Waals surface area (Å²) < 4.78 is 21.5. The van der Waals surface area contributed by atoms with Crippen LogP contribution in [0.5, 0.6) is 0 Å². The van der Waals surface area contributed by atoms with E-state index in [9.17, 15) is 9.59 Å². The Labute approximate surface area is 264 Å². The van der Waals surface area contributed by atoms with Gasteiger partial charge in [0, 0.05) is 35.2 Å². The maximum Gasteiger partial charge on any atom is 0.238 e.